The van der Waals surface area contributed by atoms with E-state index in [1.807, 2.05) is 0 Å². The molecule has 98 valence electrons. The number of carbonyl (C=O) groups excluding carboxylic acids is 1. The summed E-state index contributed by atoms with van der Waals surface area (Å²) in [5.41, 5.74) is 5.86. The first kappa shape index (κ1) is 12.9. The standard InChI is InChI=1S/C14H26N2O/c15-13-8-6-12(7-9-13)14(17)16-10-11-4-2-1-3-5-11/h11-13H,1-10,15H2,(H,16,17)/t12-,13+. The van der Waals surface area contributed by atoms with Crippen LogP contribution in [0.2, 0.25) is 0 Å². The largest absolute Gasteiger partial charge is 0.356 e. The molecule has 0 spiro atoms. The molecule has 0 atom stereocenters. The van der Waals surface area contributed by atoms with Crippen molar-refractivity contribution in [2.75, 3.05) is 6.54 Å². The van der Waals surface area contributed by atoms with Crippen LogP contribution in [0.3, 0.4) is 0 Å². The summed E-state index contributed by atoms with van der Waals surface area (Å²) in [6.07, 6.45) is 10.7. The van der Waals surface area contributed by atoms with Gasteiger partial charge >= 0.3 is 0 Å². The van der Waals surface area contributed by atoms with Crippen LogP contribution in [0.25, 0.3) is 0 Å². The highest BCUT2D eigenvalue weighted by atomic mass is 16.1. The maximum atomic E-state index is 12.0. The number of hydrogen-bond acceptors (Lipinski definition) is 2. The summed E-state index contributed by atoms with van der Waals surface area (Å²) >= 11 is 0. The van der Waals surface area contributed by atoms with E-state index in [0.717, 1.165) is 38.1 Å². The molecule has 0 heterocycles. The van der Waals surface area contributed by atoms with Crippen LogP contribution in [0.5, 0.6) is 0 Å². The van der Waals surface area contributed by atoms with Crippen LogP contribution >= 0.6 is 0 Å². The van der Waals surface area contributed by atoms with Crippen molar-refractivity contribution < 1.29 is 4.79 Å². The van der Waals surface area contributed by atoms with Crippen LogP contribution in [-0.2, 0) is 4.79 Å². The van der Waals surface area contributed by atoms with Gasteiger partial charge in [-0.05, 0) is 44.4 Å². The zero-order valence-electron chi connectivity index (χ0n) is 10.8. The van der Waals surface area contributed by atoms with Gasteiger partial charge in [-0.25, -0.2) is 0 Å². The van der Waals surface area contributed by atoms with Gasteiger partial charge in [-0.2, -0.15) is 0 Å². The van der Waals surface area contributed by atoms with Gasteiger partial charge in [-0.1, -0.05) is 19.3 Å². The molecule has 1 amide bonds. The van der Waals surface area contributed by atoms with Crippen molar-refractivity contribution in [3.05, 3.63) is 0 Å². The fourth-order valence-corrected chi connectivity index (χ4v) is 3.16. The molecule has 2 saturated carbocycles. The molecule has 0 saturated heterocycles. The number of carbonyl (C=O) groups is 1. The lowest BCUT2D eigenvalue weighted by Gasteiger charge is -2.27. The molecule has 3 N–H and O–H groups in total. The van der Waals surface area contributed by atoms with Crippen LogP contribution < -0.4 is 11.1 Å². The summed E-state index contributed by atoms with van der Waals surface area (Å²) in [5, 5.41) is 3.16. The number of hydrogen-bond donors (Lipinski definition) is 2. The lowest BCUT2D eigenvalue weighted by Crippen LogP contribution is -2.38. The van der Waals surface area contributed by atoms with Gasteiger partial charge in [0, 0.05) is 18.5 Å². The minimum absolute atomic E-state index is 0.235. The molecular formula is C14H26N2O. The van der Waals surface area contributed by atoms with Gasteiger partial charge in [0.25, 0.3) is 0 Å². The normalized spacial score (nSPS) is 31.1. The van der Waals surface area contributed by atoms with Crippen LogP contribution in [0.4, 0.5) is 0 Å². The Bertz CT molecular complexity index is 241. The van der Waals surface area contributed by atoms with Crippen molar-refractivity contribution in [1.29, 1.82) is 0 Å². The van der Waals surface area contributed by atoms with Gasteiger partial charge in [0.1, 0.15) is 0 Å². The third kappa shape index (κ3) is 3.98. The molecule has 0 unspecified atom stereocenters. The molecular weight excluding hydrogens is 212 g/mol. The Morgan fingerprint density at radius 2 is 1.65 bits per heavy atom. The van der Waals surface area contributed by atoms with Gasteiger partial charge in [0.05, 0.1) is 0 Å². The predicted molar refractivity (Wildman–Crippen MR) is 69.5 cm³/mol. The molecule has 2 aliphatic rings. The van der Waals surface area contributed by atoms with Crippen LogP contribution in [-0.4, -0.2) is 18.5 Å². The maximum Gasteiger partial charge on any atom is 0.223 e. The second-order valence-electron chi connectivity index (χ2n) is 5.86. The van der Waals surface area contributed by atoms with Crippen LogP contribution in [0.15, 0.2) is 0 Å². The van der Waals surface area contributed by atoms with Crippen LogP contribution in [0.1, 0.15) is 57.8 Å². The van der Waals surface area contributed by atoms with E-state index >= 15 is 0 Å². The highest BCUT2D eigenvalue weighted by molar-refractivity contribution is 5.78. The second-order valence-corrected chi connectivity index (χ2v) is 5.86. The molecule has 0 aliphatic heterocycles. The van der Waals surface area contributed by atoms with Gasteiger partial charge < -0.3 is 11.1 Å². The van der Waals surface area contributed by atoms with Crippen molar-refractivity contribution in [3.8, 4) is 0 Å². The highest BCUT2D eigenvalue weighted by Gasteiger charge is 2.25. The summed E-state index contributed by atoms with van der Waals surface area (Å²) in [7, 11) is 0. The SMILES string of the molecule is N[C@H]1CC[C@@H](C(=O)NCC2CCCCC2)CC1. The van der Waals surface area contributed by atoms with Crippen LogP contribution in [0, 0.1) is 11.8 Å². The van der Waals surface area contributed by atoms with Crippen molar-refractivity contribution in [2.24, 2.45) is 17.6 Å². The number of nitrogens with two attached hydrogens (primary N) is 1. The van der Waals surface area contributed by atoms with Gasteiger partial charge in [-0.15, -0.1) is 0 Å². The molecule has 3 nitrogen and oxygen atoms in total. The van der Waals surface area contributed by atoms with Crippen molar-refractivity contribution in [3.63, 3.8) is 0 Å². The quantitative estimate of drug-likeness (QED) is 0.792. The summed E-state index contributed by atoms with van der Waals surface area (Å²) in [5.74, 6) is 1.25. The Morgan fingerprint density at radius 1 is 1.00 bits per heavy atom. The van der Waals surface area contributed by atoms with E-state index in [4.69, 9.17) is 5.73 Å². The smallest absolute Gasteiger partial charge is 0.223 e. The molecule has 0 bridgehead atoms. The number of nitrogens with one attached hydrogen (secondary N) is 1. The predicted octanol–water partition coefficient (Wildman–Crippen LogP) is 2.20. The number of amides is 1. The summed E-state index contributed by atoms with van der Waals surface area (Å²) in [6.45, 7) is 0.904. The highest BCUT2D eigenvalue weighted by Crippen LogP contribution is 2.25. The van der Waals surface area contributed by atoms with E-state index in [-0.39, 0.29) is 11.8 Å². The third-order valence-corrected chi connectivity index (χ3v) is 4.43. The van der Waals surface area contributed by atoms with Crippen molar-refractivity contribution >= 4 is 5.91 Å². The van der Waals surface area contributed by atoms with E-state index < -0.39 is 0 Å². The van der Waals surface area contributed by atoms with E-state index in [9.17, 15) is 4.79 Å². The molecule has 0 radical (unpaired) electrons. The van der Waals surface area contributed by atoms with Gasteiger partial charge in [0.2, 0.25) is 5.91 Å². The van der Waals surface area contributed by atoms with Gasteiger partial charge in [-0.3, -0.25) is 4.79 Å². The topological polar surface area (TPSA) is 55.1 Å². The molecule has 2 fully saturated rings. The lowest BCUT2D eigenvalue weighted by atomic mass is 9.85. The zero-order valence-corrected chi connectivity index (χ0v) is 10.8. The molecule has 0 aromatic rings. The molecule has 0 aromatic carbocycles. The Balaban J connectivity index is 1.66. The summed E-state index contributed by atoms with van der Waals surface area (Å²) in [6, 6.07) is 0.331. The third-order valence-electron chi connectivity index (χ3n) is 4.43. The minimum atomic E-state index is 0.235. The monoisotopic (exact) mass is 238 g/mol. The average molecular weight is 238 g/mol. The summed E-state index contributed by atoms with van der Waals surface area (Å²) < 4.78 is 0. The summed E-state index contributed by atoms with van der Waals surface area (Å²) in [4.78, 5) is 12.0. The second kappa shape index (κ2) is 6.39. The van der Waals surface area contributed by atoms with E-state index in [2.05, 4.69) is 5.32 Å². The first-order valence-corrected chi connectivity index (χ1v) is 7.29. The Morgan fingerprint density at radius 3 is 2.29 bits per heavy atom. The fraction of sp³-hybridized carbons (Fsp3) is 0.929. The Hall–Kier alpha value is -0.570. The minimum Gasteiger partial charge on any atom is -0.356 e. The molecule has 3 heteroatoms. The van der Waals surface area contributed by atoms with E-state index in [1.165, 1.54) is 32.1 Å². The first-order chi connectivity index (χ1) is 8.25. The Labute approximate surface area is 105 Å². The Kier molecular flexibility index (Phi) is 4.84. The fourth-order valence-electron chi connectivity index (χ4n) is 3.16. The lowest BCUT2D eigenvalue weighted by molar-refractivity contribution is -0.126. The van der Waals surface area contributed by atoms with E-state index in [0.29, 0.717) is 6.04 Å². The zero-order chi connectivity index (χ0) is 12.1. The molecule has 2 aliphatic carbocycles. The molecule has 17 heavy (non-hydrogen) atoms. The van der Waals surface area contributed by atoms with Gasteiger partial charge in [0.15, 0.2) is 0 Å². The van der Waals surface area contributed by atoms with Crippen molar-refractivity contribution in [1.82, 2.24) is 5.32 Å². The van der Waals surface area contributed by atoms with Crippen molar-refractivity contribution in [2.45, 2.75) is 63.8 Å². The maximum absolute atomic E-state index is 12.0. The molecule has 2 rings (SSSR count). The first-order valence-electron chi connectivity index (χ1n) is 7.29. The number of rotatable bonds is 3. The molecule has 0 aromatic heterocycles. The van der Waals surface area contributed by atoms with E-state index in [1.54, 1.807) is 0 Å². The average Bonchev–Trinajstić information content (AvgIpc) is 2.38.